The summed E-state index contributed by atoms with van der Waals surface area (Å²) in [6, 6.07) is 0.375. The van der Waals surface area contributed by atoms with Crippen LogP contribution in [0.1, 0.15) is 27.7 Å². The molecule has 0 radical (unpaired) electrons. The third-order valence-electron chi connectivity index (χ3n) is 2.80. The molecule has 1 saturated heterocycles. The first-order valence-corrected chi connectivity index (χ1v) is 5.12. The van der Waals surface area contributed by atoms with Gasteiger partial charge in [-0.1, -0.05) is 33.0 Å². The topological polar surface area (TPSA) is 23.5 Å². The number of nitrogens with zero attached hydrogens (tertiary/aromatic N) is 1. The van der Waals surface area contributed by atoms with Gasteiger partial charge < -0.3 is 10.0 Å². The van der Waals surface area contributed by atoms with Crippen molar-refractivity contribution in [2.24, 2.45) is 11.3 Å². The summed E-state index contributed by atoms with van der Waals surface area (Å²) in [5, 5.41) is 9.58. The second kappa shape index (κ2) is 3.21. The van der Waals surface area contributed by atoms with Crippen molar-refractivity contribution in [3.8, 4) is 0 Å². The maximum atomic E-state index is 9.58. The van der Waals surface area contributed by atoms with E-state index in [0.717, 1.165) is 4.99 Å². The lowest BCUT2D eigenvalue weighted by molar-refractivity contribution is 0.0193. The molecule has 0 bridgehead atoms. The summed E-state index contributed by atoms with van der Waals surface area (Å²) >= 11 is 5.22. The van der Waals surface area contributed by atoms with E-state index < -0.39 is 0 Å². The van der Waals surface area contributed by atoms with E-state index in [1.807, 2.05) is 14.0 Å². The van der Waals surface area contributed by atoms with E-state index >= 15 is 0 Å². The highest BCUT2D eigenvalue weighted by molar-refractivity contribution is 7.80. The molecular formula is C10H19NOS. The molecule has 0 aromatic rings. The molecule has 1 aliphatic rings. The van der Waals surface area contributed by atoms with Gasteiger partial charge in [-0.3, -0.25) is 0 Å². The van der Waals surface area contributed by atoms with Gasteiger partial charge in [0, 0.05) is 13.1 Å². The number of hydrogen-bond donors (Lipinski definition) is 1. The number of aliphatic hydroxyl groups is 1. The molecule has 2 nitrogen and oxygen atoms in total. The van der Waals surface area contributed by atoms with Crippen LogP contribution in [0.4, 0.5) is 0 Å². The molecule has 1 fully saturated rings. The minimum Gasteiger partial charge on any atom is -0.393 e. The molecule has 0 saturated carbocycles. The van der Waals surface area contributed by atoms with E-state index in [2.05, 4.69) is 25.7 Å². The zero-order valence-corrected chi connectivity index (χ0v) is 9.85. The highest BCUT2D eigenvalue weighted by atomic mass is 32.1. The molecule has 0 spiro atoms. The molecule has 0 aromatic carbocycles. The van der Waals surface area contributed by atoms with Gasteiger partial charge in [0.1, 0.15) is 0 Å². The molecule has 0 aliphatic carbocycles. The van der Waals surface area contributed by atoms with E-state index in [1.165, 1.54) is 0 Å². The van der Waals surface area contributed by atoms with Gasteiger partial charge in [0.2, 0.25) is 0 Å². The second-order valence-electron chi connectivity index (χ2n) is 5.03. The summed E-state index contributed by atoms with van der Waals surface area (Å²) in [5.74, 6) is 0.167. The lowest BCUT2D eigenvalue weighted by Gasteiger charge is -2.55. The highest BCUT2D eigenvalue weighted by Gasteiger charge is 2.49. The highest BCUT2D eigenvalue weighted by Crippen LogP contribution is 2.40. The Morgan fingerprint density at radius 1 is 1.46 bits per heavy atom. The van der Waals surface area contributed by atoms with Gasteiger partial charge in [-0.15, -0.1) is 0 Å². The third-order valence-corrected chi connectivity index (χ3v) is 3.36. The van der Waals surface area contributed by atoms with E-state index in [9.17, 15) is 5.11 Å². The van der Waals surface area contributed by atoms with Crippen molar-refractivity contribution in [1.82, 2.24) is 4.90 Å². The minimum absolute atomic E-state index is 0.167. The van der Waals surface area contributed by atoms with Crippen molar-refractivity contribution < 1.29 is 5.11 Å². The average Bonchev–Trinajstić information content (AvgIpc) is 1.94. The Balaban J connectivity index is 2.81. The molecule has 1 N–H and O–H groups in total. The molecule has 1 aliphatic heterocycles. The molecule has 13 heavy (non-hydrogen) atoms. The van der Waals surface area contributed by atoms with Crippen LogP contribution >= 0.6 is 12.2 Å². The Labute approximate surface area is 85.9 Å². The SMILES string of the molecule is C[C@H](O)[C@H]1C(=S)N(C)[C@@H]1C(C)(C)C. The molecular weight excluding hydrogens is 182 g/mol. The Morgan fingerprint density at radius 3 is 2.15 bits per heavy atom. The van der Waals surface area contributed by atoms with Crippen LogP contribution in [-0.4, -0.2) is 34.2 Å². The summed E-state index contributed by atoms with van der Waals surface area (Å²) in [4.78, 5) is 3.00. The molecule has 0 unspecified atom stereocenters. The predicted octanol–water partition coefficient (Wildman–Crippen LogP) is 1.67. The minimum atomic E-state index is -0.326. The molecule has 3 heteroatoms. The van der Waals surface area contributed by atoms with Crippen molar-refractivity contribution in [1.29, 1.82) is 0 Å². The maximum absolute atomic E-state index is 9.58. The summed E-state index contributed by atoms with van der Waals surface area (Å²) in [7, 11) is 2.01. The lowest BCUT2D eigenvalue weighted by Crippen LogP contribution is -2.66. The summed E-state index contributed by atoms with van der Waals surface area (Å²) in [6.45, 7) is 8.38. The normalized spacial score (nSPS) is 31.5. The third kappa shape index (κ3) is 1.72. The molecule has 0 amide bonds. The molecule has 1 rings (SSSR count). The number of thiocarbonyl (C=S) groups is 1. The van der Waals surface area contributed by atoms with Crippen LogP contribution in [0.3, 0.4) is 0 Å². The largest absolute Gasteiger partial charge is 0.393 e. The predicted molar refractivity (Wildman–Crippen MR) is 58.8 cm³/mol. The Hall–Kier alpha value is -0.150. The quantitative estimate of drug-likeness (QED) is 0.653. The maximum Gasteiger partial charge on any atom is 0.0858 e. The van der Waals surface area contributed by atoms with Crippen LogP contribution < -0.4 is 0 Å². The first kappa shape index (κ1) is 10.9. The summed E-state index contributed by atoms with van der Waals surface area (Å²) < 4.78 is 0. The zero-order chi connectivity index (χ0) is 10.4. The number of rotatable bonds is 1. The van der Waals surface area contributed by atoms with Crippen LogP contribution in [0.5, 0.6) is 0 Å². The van der Waals surface area contributed by atoms with Crippen LogP contribution in [0.2, 0.25) is 0 Å². The van der Waals surface area contributed by atoms with Gasteiger partial charge in [0.05, 0.1) is 17.0 Å². The molecule has 1 heterocycles. The van der Waals surface area contributed by atoms with Crippen molar-refractivity contribution in [3.63, 3.8) is 0 Å². The van der Waals surface area contributed by atoms with Gasteiger partial charge in [0.15, 0.2) is 0 Å². The number of aliphatic hydroxyl groups excluding tert-OH is 1. The molecule has 0 aromatic heterocycles. The average molecular weight is 201 g/mol. The number of hydrogen-bond acceptors (Lipinski definition) is 2. The standard InChI is InChI=1S/C10H19NOS/c1-6(12)7-8(10(2,3)4)11(5)9(7)13/h6-8,12H,1-5H3/t6-,7+,8-/m0/s1. The van der Waals surface area contributed by atoms with Crippen molar-refractivity contribution in [2.75, 3.05) is 7.05 Å². The number of likely N-dealkylation sites (tertiary alicyclic amines) is 1. The monoisotopic (exact) mass is 201 g/mol. The second-order valence-corrected chi connectivity index (χ2v) is 5.44. The van der Waals surface area contributed by atoms with Gasteiger partial charge in [0.25, 0.3) is 0 Å². The first-order chi connectivity index (χ1) is 5.76. The molecule has 76 valence electrons. The van der Waals surface area contributed by atoms with Crippen molar-refractivity contribution in [2.45, 2.75) is 39.8 Å². The van der Waals surface area contributed by atoms with Gasteiger partial charge >= 0.3 is 0 Å². The van der Waals surface area contributed by atoms with E-state index in [4.69, 9.17) is 12.2 Å². The van der Waals surface area contributed by atoms with Gasteiger partial charge in [-0.05, 0) is 12.3 Å². The fraction of sp³-hybridized carbons (Fsp3) is 0.900. The Morgan fingerprint density at radius 2 is 1.92 bits per heavy atom. The van der Waals surface area contributed by atoms with Crippen molar-refractivity contribution in [3.05, 3.63) is 0 Å². The Kier molecular flexibility index (Phi) is 2.70. The summed E-state index contributed by atoms with van der Waals surface area (Å²) in [6.07, 6.45) is -0.326. The summed E-state index contributed by atoms with van der Waals surface area (Å²) in [5.41, 5.74) is 0.179. The lowest BCUT2D eigenvalue weighted by atomic mass is 9.70. The van der Waals surface area contributed by atoms with Crippen LogP contribution in [0.25, 0.3) is 0 Å². The van der Waals surface area contributed by atoms with Crippen LogP contribution in [-0.2, 0) is 0 Å². The fourth-order valence-electron chi connectivity index (χ4n) is 2.26. The van der Waals surface area contributed by atoms with Crippen LogP contribution in [0.15, 0.2) is 0 Å². The Bertz CT molecular complexity index is 219. The smallest absolute Gasteiger partial charge is 0.0858 e. The van der Waals surface area contributed by atoms with Crippen molar-refractivity contribution >= 4 is 17.2 Å². The van der Waals surface area contributed by atoms with E-state index in [-0.39, 0.29) is 17.4 Å². The first-order valence-electron chi connectivity index (χ1n) is 4.71. The van der Waals surface area contributed by atoms with Gasteiger partial charge in [-0.25, -0.2) is 0 Å². The van der Waals surface area contributed by atoms with E-state index in [0.29, 0.717) is 6.04 Å². The zero-order valence-electron chi connectivity index (χ0n) is 9.03. The fourth-order valence-corrected chi connectivity index (χ4v) is 2.70. The molecule has 3 atom stereocenters. The van der Waals surface area contributed by atoms with Crippen LogP contribution in [0, 0.1) is 11.3 Å². The van der Waals surface area contributed by atoms with E-state index in [1.54, 1.807) is 0 Å². The van der Waals surface area contributed by atoms with Gasteiger partial charge in [-0.2, -0.15) is 0 Å².